The summed E-state index contributed by atoms with van der Waals surface area (Å²) in [7, 11) is 0. The average Bonchev–Trinajstić information content (AvgIpc) is 2.71. The van der Waals surface area contributed by atoms with Crippen LogP contribution in [0.3, 0.4) is 0 Å². The van der Waals surface area contributed by atoms with Gasteiger partial charge in [0.05, 0.1) is 12.2 Å². The van der Waals surface area contributed by atoms with Crippen LogP contribution in [0.15, 0.2) is 60.7 Å². The number of carbonyl (C=O) groups excluding carboxylic acids is 1. The topological polar surface area (TPSA) is 46.5 Å². The Balaban J connectivity index is 2.23. The van der Waals surface area contributed by atoms with Crippen molar-refractivity contribution in [2.75, 3.05) is 6.61 Å². The number of ether oxygens (including phenoxy) is 1. The maximum absolute atomic E-state index is 12.6. The first-order valence-corrected chi connectivity index (χ1v) is 9.25. The molecule has 138 valence electrons. The third-order valence-electron chi connectivity index (χ3n) is 4.72. The smallest absolute Gasteiger partial charge is 0.166 e. The molecule has 3 aromatic carbocycles. The minimum absolute atomic E-state index is 0.0621. The van der Waals surface area contributed by atoms with Crippen molar-refractivity contribution in [1.29, 1.82) is 0 Å². The maximum Gasteiger partial charge on any atom is 0.166 e. The second-order valence-corrected chi connectivity index (χ2v) is 6.42. The number of hydrogen-bond acceptors (Lipinski definition) is 3. The fourth-order valence-electron chi connectivity index (χ4n) is 3.27. The van der Waals surface area contributed by atoms with Crippen LogP contribution in [0.25, 0.3) is 22.3 Å². The van der Waals surface area contributed by atoms with Crippen LogP contribution >= 0.6 is 0 Å². The van der Waals surface area contributed by atoms with Crippen LogP contribution in [0.5, 0.6) is 11.5 Å². The minimum atomic E-state index is -0.0703. The number of phenolic OH excluding ortho intramolecular Hbond substituents is 1. The zero-order valence-electron chi connectivity index (χ0n) is 16.0. The predicted molar refractivity (Wildman–Crippen MR) is 110 cm³/mol. The van der Waals surface area contributed by atoms with Crippen LogP contribution in [0, 0.1) is 6.92 Å². The van der Waals surface area contributed by atoms with E-state index in [1.807, 2.05) is 81.4 Å². The number of phenols is 1. The summed E-state index contributed by atoms with van der Waals surface area (Å²) in [5.74, 6) is 0.774. The number of benzene rings is 3. The molecule has 0 aliphatic heterocycles. The van der Waals surface area contributed by atoms with E-state index >= 15 is 0 Å². The van der Waals surface area contributed by atoms with E-state index < -0.39 is 0 Å². The van der Waals surface area contributed by atoms with Crippen molar-refractivity contribution in [2.45, 2.75) is 27.2 Å². The van der Waals surface area contributed by atoms with Crippen LogP contribution < -0.4 is 4.74 Å². The predicted octanol–water partition coefficient (Wildman–Crippen LogP) is 6.03. The van der Waals surface area contributed by atoms with Gasteiger partial charge >= 0.3 is 0 Å². The van der Waals surface area contributed by atoms with Gasteiger partial charge in [-0.1, -0.05) is 49.4 Å². The van der Waals surface area contributed by atoms with Crippen LogP contribution in [-0.2, 0) is 0 Å². The highest BCUT2D eigenvalue weighted by atomic mass is 16.5. The van der Waals surface area contributed by atoms with Gasteiger partial charge in [-0.15, -0.1) is 0 Å². The first-order chi connectivity index (χ1) is 13.1. The fourth-order valence-corrected chi connectivity index (χ4v) is 3.27. The molecule has 0 amide bonds. The highest BCUT2D eigenvalue weighted by molar-refractivity contribution is 6.06. The molecule has 0 aromatic heterocycles. The van der Waals surface area contributed by atoms with Crippen molar-refractivity contribution in [2.24, 2.45) is 0 Å². The molecular formula is C24H24O3. The number of Topliss-reactive ketones (excluding diaryl/α,β-unsaturated/α-hetero) is 1. The van der Waals surface area contributed by atoms with E-state index in [1.54, 1.807) is 0 Å². The lowest BCUT2D eigenvalue weighted by atomic mass is 9.88. The maximum atomic E-state index is 12.6. The molecular weight excluding hydrogens is 336 g/mol. The van der Waals surface area contributed by atoms with Crippen molar-refractivity contribution < 1.29 is 14.6 Å². The van der Waals surface area contributed by atoms with Crippen LogP contribution in [-0.4, -0.2) is 17.5 Å². The average molecular weight is 360 g/mol. The van der Waals surface area contributed by atoms with Crippen molar-refractivity contribution >= 4 is 5.78 Å². The monoisotopic (exact) mass is 360 g/mol. The van der Waals surface area contributed by atoms with Crippen molar-refractivity contribution in [3.63, 3.8) is 0 Å². The summed E-state index contributed by atoms with van der Waals surface area (Å²) in [5.41, 5.74) is 4.65. The zero-order chi connectivity index (χ0) is 19.4. The summed E-state index contributed by atoms with van der Waals surface area (Å²) in [5, 5.41) is 10.9. The molecule has 0 aliphatic rings. The molecule has 0 radical (unpaired) electrons. The summed E-state index contributed by atoms with van der Waals surface area (Å²) in [4.78, 5) is 12.6. The van der Waals surface area contributed by atoms with Gasteiger partial charge in [-0.05, 0) is 59.9 Å². The summed E-state index contributed by atoms with van der Waals surface area (Å²) >= 11 is 0. The van der Waals surface area contributed by atoms with E-state index in [9.17, 15) is 9.90 Å². The molecule has 3 nitrogen and oxygen atoms in total. The van der Waals surface area contributed by atoms with E-state index in [2.05, 4.69) is 0 Å². The van der Waals surface area contributed by atoms with Gasteiger partial charge in [0.15, 0.2) is 5.78 Å². The standard InChI is InChI=1S/C24H24O3/c1-4-22(25)23-21(18-11-13-19(14-12-18)27-5-2)15-20(16(3)24(23)26)17-9-7-6-8-10-17/h6-15,26H,4-5H2,1-3H3. The van der Waals surface area contributed by atoms with Gasteiger partial charge in [0.2, 0.25) is 0 Å². The molecule has 0 spiro atoms. The Labute approximate surface area is 160 Å². The molecule has 3 heteroatoms. The second kappa shape index (κ2) is 8.09. The van der Waals surface area contributed by atoms with Gasteiger partial charge < -0.3 is 9.84 Å². The summed E-state index contributed by atoms with van der Waals surface area (Å²) in [6, 6.07) is 19.5. The Kier molecular flexibility index (Phi) is 5.60. The molecule has 0 atom stereocenters. The van der Waals surface area contributed by atoms with Crippen molar-refractivity contribution in [3.05, 3.63) is 71.8 Å². The van der Waals surface area contributed by atoms with Gasteiger partial charge in [-0.3, -0.25) is 4.79 Å². The quantitative estimate of drug-likeness (QED) is 0.546. The van der Waals surface area contributed by atoms with Crippen LogP contribution in [0.1, 0.15) is 36.2 Å². The van der Waals surface area contributed by atoms with Crippen molar-refractivity contribution in [1.82, 2.24) is 0 Å². The van der Waals surface area contributed by atoms with E-state index in [1.165, 1.54) is 0 Å². The van der Waals surface area contributed by atoms with Crippen LogP contribution in [0.4, 0.5) is 0 Å². The van der Waals surface area contributed by atoms with Gasteiger partial charge in [0.1, 0.15) is 11.5 Å². The number of ketones is 1. The van der Waals surface area contributed by atoms with E-state index in [-0.39, 0.29) is 11.5 Å². The van der Waals surface area contributed by atoms with Crippen LogP contribution in [0.2, 0.25) is 0 Å². The van der Waals surface area contributed by atoms with E-state index in [0.29, 0.717) is 24.2 Å². The lowest BCUT2D eigenvalue weighted by Gasteiger charge is -2.17. The highest BCUT2D eigenvalue weighted by Gasteiger charge is 2.21. The molecule has 0 fully saturated rings. The Bertz CT molecular complexity index is 942. The van der Waals surface area contributed by atoms with E-state index in [0.717, 1.165) is 28.0 Å². The second-order valence-electron chi connectivity index (χ2n) is 6.42. The fraction of sp³-hybridized carbons (Fsp3) is 0.208. The molecule has 0 saturated carbocycles. The lowest BCUT2D eigenvalue weighted by molar-refractivity contribution is 0.0986. The number of rotatable bonds is 6. The van der Waals surface area contributed by atoms with Crippen molar-refractivity contribution in [3.8, 4) is 33.8 Å². The molecule has 27 heavy (non-hydrogen) atoms. The highest BCUT2D eigenvalue weighted by Crippen LogP contribution is 2.40. The van der Waals surface area contributed by atoms with E-state index in [4.69, 9.17) is 4.74 Å². The third kappa shape index (κ3) is 3.72. The normalized spacial score (nSPS) is 10.6. The van der Waals surface area contributed by atoms with Gasteiger partial charge in [0.25, 0.3) is 0 Å². The lowest BCUT2D eigenvalue weighted by Crippen LogP contribution is -2.03. The molecule has 0 saturated heterocycles. The first-order valence-electron chi connectivity index (χ1n) is 9.25. The van der Waals surface area contributed by atoms with Gasteiger partial charge in [0, 0.05) is 6.42 Å². The zero-order valence-corrected chi connectivity index (χ0v) is 16.0. The first kappa shape index (κ1) is 18.7. The molecule has 3 rings (SSSR count). The number of aromatic hydroxyl groups is 1. The summed E-state index contributed by atoms with van der Waals surface area (Å²) < 4.78 is 5.52. The molecule has 0 unspecified atom stereocenters. The summed E-state index contributed by atoms with van der Waals surface area (Å²) in [6.45, 7) is 6.20. The Morgan fingerprint density at radius 2 is 1.56 bits per heavy atom. The third-order valence-corrected chi connectivity index (χ3v) is 4.72. The Hall–Kier alpha value is -3.07. The SMILES string of the molecule is CCOc1ccc(-c2cc(-c3ccccc3)c(C)c(O)c2C(=O)CC)cc1. The molecule has 1 N–H and O–H groups in total. The Morgan fingerprint density at radius 3 is 2.15 bits per heavy atom. The molecule has 3 aromatic rings. The van der Waals surface area contributed by atoms with Gasteiger partial charge in [-0.25, -0.2) is 0 Å². The molecule has 0 heterocycles. The molecule has 0 bridgehead atoms. The van der Waals surface area contributed by atoms with Gasteiger partial charge in [-0.2, -0.15) is 0 Å². The summed E-state index contributed by atoms with van der Waals surface area (Å²) in [6.07, 6.45) is 0.335. The Morgan fingerprint density at radius 1 is 0.926 bits per heavy atom. The number of carbonyl (C=O) groups is 1. The largest absolute Gasteiger partial charge is 0.507 e. The number of hydrogen-bond donors (Lipinski definition) is 1. The minimum Gasteiger partial charge on any atom is -0.507 e. The molecule has 0 aliphatic carbocycles.